The van der Waals surface area contributed by atoms with Crippen molar-refractivity contribution in [2.45, 2.75) is 45.8 Å². The van der Waals surface area contributed by atoms with Crippen LogP contribution in [0.15, 0.2) is 85.3 Å². The first kappa shape index (κ1) is 32.8. The molecule has 232 valence electrons. The van der Waals surface area contributed by atoms with Crippen LogP contribution in [-0.4, -0.2) is 49.1 Å². The summed E-state index contributed by atoms with van der Waals surface area (Å²) in [6.45, 7) is 5.31. The molecule has 0 spiro atoms. The highest BCUT2D eigenvalue weighted by atomic mass is 32.1. The van der Waals surface area contributed by atoms with Gasteiger partial charge in [-0.15, -0.1) is 0 Å². The van der Waals surface area contributed by atoms with Crippen LogP contribution in [0, 0.1) is 23.1 Å². The van der Waals surface area contributed by atoms with Gasteiger partial charge in [-0.25, -0.2) is 14.2 Å². The van der Waals surface area contributed by atoms with Crippen molar-refractivity contribution in [3.63, 3.8) is 0 Å². The summed E-state index contributed by atoms with van der Waals surface area (Å²) < 4.78 is 15.8. The number of hydrogen-bond acceptors (Lipinski definition) is 5. The van der Waals surface area contributed by atoms with Gasteiger partial charge < -0.3 is 25.2 Å². The van der Waals surface area contributed by atoms with Crippen LogP contribution in [-0.2, 0) is 24.3 Å². The lowest BCUT2D eigenvalue weighted by Gasteiger charge is -2.33. The van der Waals surface area contributed by atoms with Gasteiger partial charge in [0.1, 0.15) is 5.82 Å². The van der Waals surface area contributed by atoms with Crippen LogP contribution in [0.4, 0.5) is 10.1 Å². The third-order valence-electron chi connectivity index (χ3n) is 7.61. The molecule has 4 rings (SSSR count). The SMILES string of the molecule is CC[C@H](C)[C@@H](CN(Cc1ccc(C(=O)O)cc1)C(=S)Nc1cccc(F)c1)NC(=O)Cc1cncn1Cc1ccc(C#N)cc1. The molecule has 0 aliphatic heterocycles. The Hall–Kier alpha value is -5.08. The van der Waals surface area contributed by atoms with E-state index < -0.39 is 11.8 Å². The van der Waals surface area contributed by atoms with Crippen molar-refractivity contribution < 1.29 is 19.1 Å². The van der Waals surface area contributed by atoms with Crippen molar-refractivity contribution in [3.05, 3.63) is 119 Å². The summed E-state index contributed by atoms with van der Waals surface area (Å²) in [5.74, 6) is -1.50. The topological polar surface area (TPSA) is 123 Å². The van der Waals surface area contributed by atoms with Crippen molar-refractivity contribution in [1.29, 1.82) is 5.26 Å². The van der Waals surface area contributed by atoms with E-state index >= 15 is 0 Å². The highest BCUT2D eigenvalue weighted by Crippen LogP contribution is 2.17. The maximum absolute atomic E-state index is 13.9. The Morgan fingerprint density at radius 1 is 1.11 bits per heavy atom. The van der Waals surface area contributed by atoms with Crippen LogP contribution >= 0.6 is 12.2 Å². The van der Waals surface area contributed by atoms with Gasteiger partial charge >= 0.3 is 5.97 Å². The van der Waals surface area contributed by atoms with Crippen molar-refractivity contribution >= 4 is 34.9 Å². The van der Waals surface area contributed by atoms with E-state index in [1.807, 2.05) is 21.6 Å². The lowest BCUT2D eigenvalue weighted by molar-refractivity contribution is -0.121. The number of nitriles is 1. The van der Waals surface area contributed by atoms with Crippen molar-refractivity contribution in [3.8, 4) is 6.07 Å². The monoisotopic (exact) mass is 626 g/mol. The number of aromatic carboxylic acids is 1. The van der Waals surface area contributed by atoms with Crippen molar-refractivity contribution in [2.75, 3.05) is 11.9 Å². The zero-order chi connectivity index (χ0) is 32.3. The number of anilines is 1. The predicted molar refractivity (Wildman–Crippen MR) is 174 cm³/mol. The van der Waals surface area contributed by atoms with Crippen LogP contribution in [0.3, 0.4) is 0 Å². The second kappa shape index (κ2) is 15.6. The standard InChI is InChI=1S/C34H35FN6O3S/c1-3-23(2)31(39-32(42)16-30-18-37-22-41(30)20-25-9-7-24(17-36)8-10-25)21-40(19-26-11-13-27(14-12-26)33(43)44)34(45)38-29-6-4-5-28(35)15-29/h4-15,18,22-23,31H,3,16,19-21H2,1-2H3,(H,38,45)(H,39,42)(H,43,44)/t23-,31+/m0/s1. The number of imidazole rings is 1. The van der Waals surface area contributed by atoms with Gasteiger partial charge in [-0.05, 0) is 71.7 Å². The van der Waals surface area contributed by atoms with E-state index in [0.29, 0.717) is 36.0 Å². The molecule has 45 heavy (non-hydrogen) atoms. The first-order valence-corrected chi connectivity index (χ1v) is 15.0. The molecule has 0 fully saturated rings. The van der Waals surface area contributed by atoms with Gasteiger partial charge in [-0.2, -0.15) is 5.26 Å². The largest absolute Gasteiger partial charge is 0.478 e. The molecule has 0 aliphatic rings. The van der Waals surface area contributed by atoms with Crippen LogP contribution in [0.2, 0.25) is 0 Å². The maximum Gasteiger partial charge on any atom is 0.335 e. The van der Waals surface area contributed by atoms with E-state index in [9.17, 15) is 19.1 Å². The number of amides is 1. The average Bonchev–Trinajstić information content (AvgIpc) is 3.46. The Bertz CT molecular complexity index is 1670. The first-order valence-electron chi connectivity index (χ1n) is 14.6. The van der Waals surface area contributed by atoms with Gasteiger partial charge in [0.05, 0.1) is 29.9 Å². The quantitative estimate of drug-likeness (QED) is 0.164. The molecule has 1 heterocycles. The van der Waals surface area contributed by atoms with Gasteiger partial charge in [-0.3, -0.25) is 4.79 Å². The minimum absolute atomic E-state index is 0.0892. The smallest absolute Gasteiger partial charge is 0.335 e. The Kier molecular flexibility index (Phi) is 11.4. The molecule has 11 heteroatoms. The summed E-state index contributed by atoms with van der Waals surface area (Å²) in [5, 5.41) is 25.0. The molecule has 0 saturated carbocycles. The molecule has 9 nitrogen and oxygen atoms in total. The minimum Gasteiger partial charge on any atom is -0.478 e. The summed E-state index contributed by atoms with van der Waals surface area (Å²) >= 11 is 5.77. The molecule has 1 amide bonds. The second-order valence-corrected chi connectivity index (χ2v) is 11.3. The molecule has 0 aliphatic carbocycles. The third kappa shape index (κ3) is 9.45. The number of aromatic nitrogens is 2. The number of nitrogens with one attached hydrogen (secondary N) is 2. The summed E-state index contributed by atoms with van der Waals surface area (Å²) in [6.07, 6.45) is 4.27. The number of carboxylic acids is 1. The summed E-state index contributed by atoms with van der Waals surface area (Å²) in [7, 11) is 0. The lowest BCUT2D eigenvalue weighted by atomic mass is 9.98. The number of rotatable bonds is 13. The predicted octanol–water partition coefficient (Wildman–Crippen LogP) is 5.61. The minimum atomic E-state index is -1.01. The van der Waals surface area contributed by atoms with Crippen molar-refractivity contribution in [1.82, 2.24) is 19.8 Å². The number of thiocarbonyl (C=S) groups is 1. The van der Waals surface area contributed by atoms with Crippen LogP contribution in [0.1, 0.15) is 53.0 Å². The van der Waals surface area contributed by atoms with E-state index in [4.69, 9.17) is 17.5 Å². The number of carboxylic acid groups (broad SMARTS) is 1. The molecule has 3 N–H and O–H groups in total. The fourth-order valence-electron chi connectivity index (χ4n) is 4.79. The van der Waals surface area contributed by atoms with Crippen molar-refractivity contribution in [2.24, 2.45) is 5.92 Å². The first-order chi connectivity index (χ1) is 21.6. The second-order valence-electron chi connectivity index (χ2n) is 10.9. The Morgan fingerprint density at radius 3 is 2.47 bits per heavy atom. The van der Waals surface area contributed by atoms with E-state index in [0.717, 1.165) is 23.2 Å². The average molecular weight is 627 g/mol. The zero-order valence-corrected chi connectivity index (χ0v) is 25.9. The highest BCUT2D eigenvalue weighted by molar-refractivity contribution is 7.80. The van der Waals surface area contributed by atoms with Crippen LogP contribution in [0.5, 0.6) is 0 Å². The van der Waals surface area contributed by atoms with E-state index in [1.165, 1.54) is 24.3 Å². The Balaban J connectivity index is 1.50. The number of carbonyl (C=O) groups is 2. The normalized spacial score (nSPS) is 12.0. The van der Waals surface area contributed by atoms with Crippen LogP contribution < -0.4 is 10.6 Å². The van der Waals surface area contributed by atoms with Gasteiger partial charge in [0.15, 0.2) is 5.11 Å². The van der Waals surface area contributed by atoms with Gasteiger partial charge in [-0.1, -0.05) is 50.6 Å². The summed E-state index contributed by atoms with van der Waals surface area (Å²) in [4.78, 5) is 30.9. The number of carbonyl (C=O) groups excluding carboxylic acids is 1. The van der Waals surface area contributed by atoms with Gasteiger partial charge in [0.2, 0.25) is 5.91 Å². The van der Waals surface area contributed by atoms with Gasteiger partial charge in [0, 0.05) is 43.3 Å². The number of hydrogen-bond donors (Lipinski definition) is 3. The molecule has 4 aromatic rings. The molecule has 0 saturated heterocycles. The molecule has 2 atom stereocenters. The Morgan fingerprint density at radius 2 is 1.82 bits per heavy atom. The maximum atomic E-state index is 13.9. The molecular weight excluding hydrogens is 591 g/mol. The molecule has 3 aromatic carbocycles. The summed E-state index contributed by atoms with van der Waals surface area (Å²) in [6, 6.07) is 21.6. The van der Waals surface area contributed by atoms with E-state index in [2.05, 4.69) is 35.5 Å². The van der Waals surface area contributed by atoms with Crippen LogP contribution in [0.25, 0.3) is 0 Å². The highest BCUT2D eigenvalue weighted by Gasteiger charge is 2.24. The fraction of sp³-hybridized carbons (Fsp3) is 0.265. The molecule has 0 bridgehead atoms. The van der Waals surface area contributed by atoms with Gasteiger partial charge in [0.25, 0.3) is 0 Å². The number of benzene rings is 3. The number of halogens is 1. The van der Waals surface area contributed by atoms with E-state index in [1.54, 1.807) is 48.9 Å². The number of nitrogens with zero attached hydrogens (tertiary/aromatic N) is 4. The molecule has 0 unspecified atom stereocenters. The molecule has 0 radical (unpaired) electrons. The zero-order valence-electron chi connectivity index (χ0n) is 25.1. The molecular formula is C34H35FN6O3S. The third-order valence-corrected chi connectivity index (χ3v) is 7.97. The Labute approximate surface area is 267 Å². The summed E-state index contributed by atoms with van der Waals surface area (Å²) in [5.41, 5.74) is 3.80. The van der Waals surface area contributed by atoms with E-state index in [-0.39, 0.29) is 29.9 Å². The lowest BCUT2D eigenvalue weighted by Crippen LogP contribution is -2.50. The molecule has 1 aromatic heterocycles. The fourth-order valence-corrected chi connectivity index (χ4v) is 5.05.